The highest BCUT2D eigenvalue weighted by atomic mass is 15.1. The second-order valence-corrected chi connectivity index (χ2v) is 13.3. The average Bonchev–Trinajstić information content (AvgIpc) is 3.25. The van der Waals surface area contributed by atoms with Crippen molar-refractivity contribution >= 4 is 27.8 Å². The molecule has 0 heterocycles. The Balaban J connectivity index is 1.11. The fraction of sp³-hybridized carbons (Fsp3) is 0. The molecule has 0 atom stereocenters. The van der Waals surface area contributed by atoms with Gasteiger partial charge in [0.1, 0.15) is 0 Å². The third-order valence-corrected chi connectivity index (χ3v) is 10.1. The maximum atomic E-state index is 2.38. The van der Waals surface area contributed by atoms with Crippen LogP contribution in [0.25, 0.3) is 66.4 Å². The molecule has 0 radical (unpaired) electrons. The quantitative estimate of drug-likeness (QED) is 0.155. The average molecular weight is 676 g/mol. The molecule has 0 aromatic heterocycles. The van der Waals surface area contributed by atoms with Gasteiger partial charge in [0.2, 0.25) is 0 Å². The number of rotatable bonds is 8. The molecule has 0 unspecified atom stereocenters. The summed E-state index contributed by atoms with van der Waals surface area (Å²) < 4.78 is 0. The molecule has 0 spiro atoms. The Kier molecular flexibility index (Phi) is 8.66. The summed E-state index contributed by atoms with van der Waals surface area (Å²) >= 11 is 0. The standard InChI is InChI=1S/C52H37N/c1-3-15-38(16-4-1)39-29-33-45(34-30-39)53(52-28-12-11-26-51(52)41-17-5-2-6-18-41)46-35-31-42(32-36-46)48-24-9-10-25-49(48)43-21-13-22-44(37-43)50-27-14-20-40-19-7-8-23-47(40)50/h1-37H. The molecule has 0 aliphatic rings. The van der Waals surface area contributed by atoms with Crippen LogP contribution in [0.4, 0.5) is 17.1 Å². The minimum Gasteiger partial charge on any atom is -0.310 e. The van der Waals surface area contributed by atoms with E-state index in [9.17, 15) is 0 Å². The highest BCUT2D eigenvalue weighted by Crippen LogP contribution is 2.43. The molecule has 0 saturated heterocycles. The number of hydrogen-bond donors (Lipinski definition) is 0. The van der Waals surface area contributed by atoms with Gasteiger partial charge >= 0.3 is 0 Å². The lowest BCUT2D eigenvalue weighted by Crippen LogP contribution is -2.11. The number of hydrogen-bond acceptors (Lipinski definition) is 1. The van der Waals surface area contributed by atoms with E-state index in [1.54, 1.807) is 0 Å². The lowest BCUT2D eigenvalue weighted by atomic mass is 9.91. The van der Waals surface area contributed by atoms with Crippen molar-refractivity contribution in [3.8, 4) is 55.6 Å². The van der Waals surface area contributed by atoms with Crippen molar-refractivity contribution in [2.24, 2.45) is 0 Å². The monoisotopic (exact) mass is 675 g/mol. The van der Waals surface area contributed by atoms with Gasteiger partial charge in [-0.05, 0) is 97.2 Å². The van der Waals surface area contributed by atoms with Gasteiger partial charge in [-0.1, -0.05) is 188 Å². The molecular formula is C52H37N. The number of nitrogens with zero attached hydrogens (tertiary/aromatic N) is 1. The van der Waals surface area contributed by atoms with Gasteiger partial charge in [-0.15, -0.1) is 0 Å². The molecule has 53 heavy (non-hydrogen) atoms. The molecule has 0 N–H and O–H groups in total. The second-order valence-electron chi connectivity index (χ2n) is 13.3. The molecule has 9 aromatic carbocycles. The summed E-state index contributed by atoms with van der Waals surface area (Å²) in [5.74, 6) is 0. The zero-order valence-corrected chi connectivity index (χ0v) is 29.3. The van der Waals surface area contributed by atoms with Crippen LogP contribution in [-0.2, 0) is 0 Å². The van der Waals surface area contributed by atoms with Crippen LogP contribution in [0.2, 0.25) is 0 Å². The fourth-order valence-electron chi connectivity index (χ4n) is 7.50. The first-order chi connectivity index (χ1) is 26.3. The molecular weight excluding hydrogens is 639 g/mol. The third kappa shape index (κ3) is 6.42. The van der Waals surface area contributed by atoms with Crippen LogP contribution in [0.5, 0.6) is 0 Å². The summed E-state index contributed by atoms with van der Waals surface area (Å²) in [4.78, 5) is 2.38. The van der Waals surface area contributed by atoms with E-state index in [4.69, 9.17) is 0 Å². The first-order valence-electron chi connectivity index (χ1n) is 18.2. The van der Waals surface area contributed by atoms with E-state index in [-0.39, 0.29) is 0 Å². The lowest BCUT2D eigenvalue weighted by molar-refractivity contribution is 1.28. The Labute approximate surface area is 311 Å². The Hall–Kier alpha value is -6.96. The minimum atomic E-state index is 1.10. The molecule has 0 aliphatic heterocycles. The topological polar surface area (TPSA) is 3.24 Å². The molecule has 250 valence electrons. The number of para-hydroxylation sites is 1. The van der Waals surface area contributed by atoms with Gasteiger partial charge in [-0.25, -0.2) is 0 Å². The van der Waals surface area contributed by atoms with E-state index >= 15 is 0 Å². The Bertz CT molecular complexity index is 2640. The van der Waals surface area contributed by atoms with Crippen molar-refractivity contribution in [1.29, 1.82) is 0 Å². The largest absolute Gasteiger partial charge is 0.310 e. The maximum Gasteiger partial charge on any atom is 0.0540 e. The first-order valence-corrected chi connectivity index (χ1v) is 18.2. The van der Waals surface area contributed by atoms with Crippen molar-refractivity contribution in [1.82, 2.24) is 0 Å². The second kappa shape index (κ2) is 14.3. The molecule has 0 aliphatic carbocycles. The van der Waals surface area contributed by atoms with E-state index in [1.165, 1.54) is 66.4 Å². The number of anilines is 3. The van der Waals surface area contributed by atoms with Crippen molar-refractivity contribution in [2.75, 3.05) is 4.90 Å². The van der Waals surface area contributed by atoms with Crippen molar-refractivity contribution in [3.05, 3.63) is 224 Å². The third-order valence-electron chi connectivity index (χ3n) is 10.1. The van der Waals surface area contributed by atoms with E-state index in [0.29, 0.717) is 0 Å². The lowest BCUT2D eigenvalue weighted by Gasteiger charge is -2.28. The molecule has 0 bridgehead atoms. The Morgan fingerprint density at radius 1 is 0.245 bits per heavy atom. The highest BCUT2D eigenvalue weighted by molar-refractivity contribution is 5.98. The summed E-state index contributed by atoms with van der Waals surface area (Å²) in [6, 6.07) is 80.7. The van der Waals surface area contributed by atoms with Gasteiger partial charge in [0.15, 0.2) is 0 Å². The molecule has 9 rings (SSSR count). The van der Waals surface area contributed by atoms with Crippen molar-refractivity contribution in [2.45, 2.75) is 0 Å². The maximum absolute atomic E-state index is 2.38. The van der Waals surface area contributed by atoms with Gasteiger partial charge in [0.05, 0.1) is 5.69 Å². The van der Waals surface area contributed by atoms with Gasteiger partial charge in [-0.2, -0.15) is 0 Å². The van der Waals surface area contributed by atoms with Crippen LogP contribution in [0, 0.1) is 0 Å². The van der Waals surface area contributed by atoms with E-state index in [0.717, 1.165) is 17.1 Å². The van der Waals surface area contributed by atoms with Gasteiger partial charge in [-0.3, -0.25) is 0 Å². The van der Waals surface area contributed by atoms with Crippen LogP contribution in [0.3, 0.4) is 0 Å². The summed E-state index contributed by atoms with van der Waals surface area (Å²) in [5, 5.41) is 2.52. The fourth-order valence-corrected chi connectivity index (χ4v) is 7.50. The summed E-state index contributed by atoms with van der Waals surface area (Å²) in [6.07, 6.45) is 0. The molecule has 0 fully saturated rings. The van der Waals surface area contributed by atoms with E-state index < -0.39 is 0 Å². The number of benzene rings is 9. The van der Waals surface area contributed by atoms with Crippen LogP contribution in [0.1, 0.15) is 0 Å². The van der Waals surface area contributed by atoms with Crippen LogP contribution in [0.15, 0.2) is 224 Å². The van der Waals surface area contributed by atoms with Gasteiger partial charge < -0.3 is 4.90 Å². The van der Waals surface area contributed by atoms with Crippen LogP contribution >= 0.6 is 0 Å². The SMILES string of the molecule is c1ccc(-c2ccc(N(c3ccc(-c4ccccc4-c4cccc(-c5cccc6ccccc56)c4)cc3)c3ccccc3-c3ccccc3)cc2)cc1. The summed E-state index contributed by atoms with van der Waals surface area (Å²) in [7, 11) is 0. The molecule has 0 saturated carbocycles. The van der Waals surface area contributed by atoms with Crippen LogP contribution < -0.4 is 4.90 Å². The zero-order valence-electron chi connectivity index (χ0n) is 29.3. The molecule has 1 nitrogen and oxygen atoms in total. The summed E-state index contributed by atoms with van der Waals surface area (Å²) in [5.41, 5.74) is 15.4. The van der Waals surface area contributed by atoms with E-state index in [2.05, 4.69) is 229 Å². The Morgan fingerprint density at radius 3 is 1.36 bits per heavy atom. The zero-order chi connectivity index (χ0) is 35.4. The molecule has 9 aromatic rings. The minimum absolute atomic E-state index is 1.10. The number of fused-ring (bicyclic) bond motifs is 1. The first kappa shape index (κ1) is 32.0. The molecule has 0 amide bonds. The van der Waals surface area contributed by atoms with Crippen molar-refractivity contribution < 1.29 is 0 Å². The normalized spacial score (nSPS) is 11.0. The van der Waals surface area contributed by atoms with Gasteiger partial charge in [0.25, 0.3) is 0 Å². The Morgan fingerprint density at radius 2 is 0.660 bits per heavy atom. The van der Waals surface area contributed by atoms with Crippen LogP contribution in [-0.4, -0.2) is 0 Å². The highest BCUT2D eigenvalue weighted by Gasteiger charge is 2.18. The van der Waals surface area contributed by atoms with Gasteiger partial charge in [0, 0.05) is 16.9 Å². The molecule has 1 heteroatoms. The summed E-state index contributed by atoms with van der Waals surface area (Å²) in [6.45, 7) is 0. The predicted octanol–water partition coefficient (Wildman–Crippen LogP) is 14.6. The smallest absolute Gasteiger partial charge is 0.0540 e. The van der Waals surface area contributed by atoms with Crippen molar-refractivity contribution in [3.63, 3.8) is 0 Å². The predicted molar refractivity (Wildman–Crippen MR) is 226 cm³/mol. The van der Waals surface area contributed by atoms with E-state index in [1.807, 2.05) is 0 Å².